The van der Waals surface area contributed by atoms with E-state index in [4.69, 9.17) is 4.42 Å². The third-order valence-electron chi connectivity index (χ3n) is 3.98. The van der Waals surface area contributed by atoms with Gasteiger partial charge in [-0.1, -0.05) is 0 Å². The van der Waals surface area contributed by atoms with Gasteiger partial charge in [-0.25, -0.2) is 4.39 Å². The van der Waals surface area contributed by atoms with E-state index in [1.54, 1.807) is 6.92 Å². The first kappa shape index (κ1) is 18.0. The molecule has 27 heavy (non-hydrogen) atoms. The average molecular weight is 373 g/mol. The van der Waals surface area contributed by atoms with E-state index in [2.05, 4.69) is 5.32 Å². The van der Waals surface area contributed by atoms with Crippen molar-refractivity contribution in [1.29, 1.82) is 0 Å². The molecule has 0 saturated heterocycles. The van der Waals surface area contributed by atoms with Crippen LogP contribution in [-0.4, -0.2) is 22.2 Å². The average Bonchev–Trinajstić information content (AvgIpc) is 2.95. The first-order chi connectivity index (χ1) is 12.8. The molecule has 10 heteroatoms. The molecule has 3 rings (SSSR count). The van der Waals surface area contributed by atoms with Gasteiger partial charge in [0.15, 0.2) is 5.76 Å². The number of aryl methyl sites for hydroxylation is 1. The van der Waals surface area contributed by atoms with Gasteiger partial charge in [0.1, 0.15) is 17.1 Å². The fourth-order valence-corrected chi connectivity index (χ4v) is 2.65. The highest BCUT2D eigenvalue weighted by molar-refractivity contribution is 6.02. The predicted molar refractivity (Wildman–Crippen MR) is 93.5 cm³/mol. The van der Waals surface area contributed by atoms with Crippen LogP contribution < -0.4 is 5.32 Å². The van der Waals surface area contributed by atoms with E-state index in [9.17, 15) is 29.4 Å². The standard InChI is InChI=1S/C17H12FN3O6/c1-9-12-6-10(18)2-5-16(12)27-17(9)15(22)8-19-13-4-3-11(20(23)24)7-14(13)21(25)26/h2-7,19H,8H2,1H3. The van der Waals surface area contributed by atoms with E-state index in [0.29, 0.717) is 16.5 Å². The third kappa shape index (κ3) is 3.45. The Morgan fingerprint density at radius 3 is 2.56 bits per heavy atom. The van der Waals surface area contributed by atoms with Crippen LogP contribution in [0.1, 0.15) is 16.1 Å². The SMILES string of the molecule is Cc1c(C(=O)CNc2ccc([N+](=O)[O-])cc2[N+](=O)[O-])oc2ccc(F)cc12. The summed E-state index contributed by atoms with van der Waals surface area (Å²) < 4.78 is 18.8. The Labute approximate surface area is 150 Å². The number of fused-ring (bicyclic) bond motifs is 1. The van der Waals surface area contributed by atoms with Crippen LogP contribution >= 0.6 is 0 Å². The van der Waals surface area contributed by atoms with Crippen molar-refractivity contribution in [3.63, 3.8) is 0 Å². The van der Waals surface area contributed by atoms with Crippen molar-refractivity contribution in [2.24, 2.45) is 0 Å². The topological polar surface area (TPSA) is 129 Å². The minimum absolute atomic E-state index is 0.00710. The number of benzene rings is 2. The Bertz CT molecular complexity index is 1090. The Balaban J connectivity index is 1.85. The molecule has 1 N–H and O–H groups in total. The zero-order chi connectivity index (χ0) is 19.7. The number of rotatable bonds is 6. The number of nitro benzene ring substituents is 2. The summed E-state index contributed by atoms with van der Waals surface area (Å²) in [5, 5.41) is 24.9. The predicted octanol–water partition coefficient (Wildman–Crippen LogP) is 3.99. The van der Waals surface area contributed by atoms with Gasteiger partial charge >= 0.3 is 0 Å². The largest absolute Gasteiger partial charge is 0.453 e. The molecular formula is C17H12FN3O6. The lowest BCUT2D eigenvalue weighted by atomic mass is 10.1. The van der Waals surface area contributed by atoms with Crippen LogP contribution in [0.25, 0.3) is 11.0 Å². The maximum absolute atomic E-state index is 13.4. The lowest BCUT2D eigenvalue weighted by molar-refractivity contribution is -0.393. The van der Waals surface area contributed by atoms with Gasteiger partial charge in [-0.15, -0.1) is 0 Å². The Morgan fingerprint density at radius 2 is 1.89 bits per heavy atom. The number of furan rings is 1. The van der Waals surface area contributed by atoms with Gasteiger partial charge in [0.25, 0.3) is 11.4 Å². The fraction of sp³-hybridized carbons (Fsp3) is 0.118. The lowest BCUT2D eigenvalue weighted by Crippen LogP contribution is -2.15. The molecule has 3 aromatic rings. The number of Topliss-reactive ketones (excluding diaryl/α,β-unsaturated/α-hetero) is 1. The van der Waals surface area contributed by atoms with Crippen molar-refractivity contribution >= 4 is 33.8 Å². The van der Waals surface area contributed by atoms with Gasteiger partial charge in [-0.3, -0.25) is 25.0 Å². The molecule has 9 nitrogen and oxygen atoms in total. The van der Waals surface area contributed by atoms with E-state index >= 15 is 0 Å². The van der Waals surface area contributed by atoms with E-state index in [-0.39, 0.29) is 18.0 Å². The molecule has 0 amide bonds. The molecule has 0 aliphatic carbocycles. The molecular weight excluding hydrogens is 361 g/mol. The van der Waals surface area contributed by atoms with Crippen molar-refractivity contribution in [3.8, 4) is 0 Å². The second kappa shape index (κ2) is 6.83. The number of anilines is 1. The second-order valence-electron chi connectivity index (χ2n) is 5.69. The molecule has 2 aromatic carbocycles. The minimum Gasteiger partial charge on any atom is -0.453 e. The number of halogens is 1. The molecule has 0 saturated carbocycles. The van der Waals surface area contributed by atoms with Crippen LogP contribution in [0, 0.1) is 33.0 Å². The summed E-state index contributed by atoms with van der Waals surface area (Å²) in [6.45, 7) is 1.26. The summed E-state index contributed by atoms with van der Waals surface area (Å²) in [4.78, 5) is 32.8. The van der Waals surface area contributed by atoms with Crippen molar-refractivity contribution in [3.05, 3.63) is 73.8 Å². The zero-order valence-corrected chi connectivity index (χ0v) is 13.9. The normalized spacial score (nSPS) is 10.7. The van der Waals surface area contributed by atoms with Crippen LogP contribution in [0.2, 0.25) is 0 Å². The number of ketones is 1. The summed E-state index contributed by atoms with van der Waals surface area (Å²) in [7, 11) is 0. The fourth-order valence-electron chi connectivity index (χ4n) is 2.65. The quantitative estimate of drug-likeness (QED) is 0.393. The third-order valence-corrected chi connectivity index (χ3v) is 3.98. The van der Waals surface area contributed by atoms with Crippen LogP contribution in [0.15, 0.2) is 40.8 Å². The molecule has 138 valence electrons. The molecule has 0 atom stereocenters. The van der Waals surface area contributed by atoms with Crippen molar-refractivity contribution in [2.45, 2.75) is 6.92 Å². The Kier molecular flexibility index (Phi) is 4.55. The van der Waals surface area contributed by atoms with Crippen LogP contribution in [0.3, 0.4) is 0 Å². The number of nitrogens with zero attached hydrogens (tertiary/aromatic N) is 2. The van der Waals surface area contributed by atoms with Gasteiger partial charge in [0, 0.05) is 17.0 Å². The molecule has 0 spiro atoms. The Hall–Kier alpha value is -3.82. The highest BCUT2D eigenvalue weighted by atomic mass is 19.1. The summed E-state index contributed by atoms with van der Waals surface area (Å²) in [6, 6.07) is 6.92. The highest BCUT2D eigenvalue weighted by Gasteiger charge is 2.22. The lowest BCUT2D eigenvalue weighted by Gasteiger charge is -2.06. The van der Waals surface area contributed by atoms with E-state index in [0.717, 1.165) is 18.2 Å². The van der Waals surface area contributed by atoms with Gasteiger partial charge in [-0.2, -0.15) is 0 Å². The summed E-state index contributed by atoms with van der Waals surface area (Å²) >= 11 is 0. The van der Waals surface area contributed by atoms with Gasteiger partial charge in [0.05, 0.1) is 22.5 Å². The van der Waals surface area contributed by atoms with Gasteiger partial charge < -0.3 is 9.73 Å². The summed E-state index contributed by atoms with van der Waals surface area (Å²) in [5.41, 5.74) is -0.207. The maximum Gasteiger partial charge on any atom is 0.299 e. The number of hydrogen-bond donors (Lipinski definition) is 1. The van der Waals surface area contributed by atoms with Crippen LogP contribution in [0.4, 0.5) is 21.5 Å². The van der Waals surface area contributed by atoms with Crippen LogP contribution in [-0.2, 0) is 0 Å². The van der Waals surface area contributed by atoms with Gasteiger partial charge in [0.2, 0.25) is 5.78 Å². The van der Waals surface area contributed by atoms with Gasteiger partial charge in [-0.05, 0) is 31.2 Å². The Morgan fingerprint density at radius 1 is 1.15 bits per heavy atom. The smallest absolute Gasteiger partial charge is 0.299 e. The van der Waals surface area contributed by atoms with Crippen molar-refractivity contribution < 1.29 is 23.4 Å². The number of nitro groups is 2. The molecule has 0 bridgehead atoms. The maximum atomic E-state index is 13.4. The number of hydrogen-bond acceptors (Lipinski definition) is 7. The number of carbonyl (C=O) groups is 1. The highest BCUT2D eigenvalue weighted by Crippen LogP contribution is 2.30. The number of carbonyl (C=O) groups excluding carboxylic acids is 1. The molecule has 1 aromatic heterocycles. The van der Waals surface area contributed by atoms with Crippen molar-refractivity contribution in [1.82, 2.24) is 0 Å². The molecule has 0 radical (unpaired) electrons. The first-order valence-corrected chi connectivity index (χ1v) is 7.66. The second-order valence-corrected chi connectivity index (χ2v) is 5.69. The zero-order valence-electron chi connectivity index (χ0n) is 13.9. The molecule has 0 aliphatic rings. The molecule has 0 fully saturated rings. The minimum atomic E-state index is -0.783. The van der Waals surface area contributed by atoms with Crippen molar-refractivity contribution in [2.75, 3.05) is 11.9 Å². The van der Waals surface area contributed by atoms with Crippen LogP contribution in [0.5, 0.6) is 0 Å². The molecule has 1 heterocycles. The summed E-state index contributed by atoms with van der Waals surface area (Å²) in [6.07, 6.45) is 0. The number of non-ortho nitro benzene ring substituents is 1. The molecule has 0 aliphatic heterocycles. The van der Waals surface area contributed by atoms with E-state index in [1.165, 1.54) is 18.2 Å². The summed E-state index contributed by atoms with van der Waals surface area (Å²) in [5.74, 6) is -0.963. The first-order valence-electron chi connectivity index (χ1n) is 7.66. The number of nitrogens with one attached hydrogen (secondary N) is 1. The monoisotopic (exact) mass is 373 g/mol. The van der Waals surface area contributed by atoms with E-state index in [1.807, 2.05) is 0 Å². The van der Waals surface area contributed by atoms with E-state index < -0.39 is 32.8 Å². The molecule has 0 unspecified atom stereocenters.